The van der Waals surface area contributed by atoms with Crippen LogP contribution in [-0.4, -0.2) is 43.3 Å². The van der Waals surface area contributed by atoms with E-state index in [1.54, 1.807) is 20.8 Å². The van der Waals surface area contributed by atoms with Crippen LogP contribution in [0.15, 0.2) is 0 Å². The zero-order chi connectivity index (χ0) is 15.3. The van der Waals surface area contributed by atoms with Crippen molar-refractivity contribution in [3.8, 4) is 0 Å². The number of hydrogen-bond acceptors (Lipinski definition) is 5. The summed E-state index contributed by atoms with van der Waals surface area (Å²) in [6.45, 7) is 5.77. The van der Waals surface area contributed by atoms with Crippen molar-refractivity contribution in [3.63, 3.8) is 0 Å². The quantitative estimate of drug-likeness (QED) is 0.737. The topological polar surface area (TPSA) is 93.7 Å². The Hall–Kier alpha value is -1.79. The van der Waals surface area contributed by atoms with Crippen LogP contribution in [0.1, 0.15) is 33.6 Å². The number of carbonyl (C=O) groups excluding carboxylic acids is 3. The number of esters is 1. The van der Waals surface area contributed by atoms with Crippen LogP contribution in [0.2, 0.25) is 0 Å². The van der Waals surface area contributed by atoms with Crippen LogP contribution in [0.3, 0.4) is 0 Å². The van der Waals surface area contributed by atoms with Crippen molar-refractivity contribution in [3.05, 3.63) is 0 Å². The van der Waals surface area contributed by atoms with Gasteiger partial charge in [0.05, 0.1) is 7.11 Å². The van der Waals surface area contributed by atoms with Crippen LogP contribution in [0.25, 0.3) is 0 Å². The van der Waals surface area contributed by atoms with Gasteiger partial charge in [-0.15, -0.1) is 0 Å². The Kier molecular flexibility index (Phi) is 5.35. The first-order valence-electron chi connectivity index (χ1n) is 6.58. The van der Waals surface area contributed by atoms with Gasteiger partial charge in [0.15, 0.2) is 0 Å². The predicted molar refractivity (Wildman–Crippen MR) is 70.9 cm³/mol. The van der Waals surface area contributed by atoms with Gasteiger partial charge in [-0.1, -0.05) is 0 Å². The molecule has 1 fully saturated rings. The van der Waals surface area contributed by atoms with E-state index in [0.29, 0.717) is 13.0 Å². The fourth-order valence-corrected chi connectivity index (χ4v) is 1.96. The van der Waals surface area contributed by atoms with Crippen LogP contribution in [0.4, 0.5) is 4.79 Å². The number of amides is 2. The summed E-state index contributed by atoms with van der Waals surface area (Å²) >= 11 is 0. The standard InChI is InChI=1S/C13H22N2O5/c1-13(2,3)20-12(18)15-9(11(17)19-4)7-8-5-6-14-10(8)16/h8-9H,5-7H2,1-4H3,(H,14,16)(H,15,18). The van der Waals surface area contributed by atoms with Crippen molar-refractivity contribution in [2.24, 2.45) is 5.92 Å². The molecule has 1 saturated heterocycles. The Morgan fingerprint density at radius 1 is 1.45 bits per heavy atom. The molecule has 2 atom stereocenters. The summed E-state index contributed by atoms with van der Waals surface area (Å²) in [6.07, 6.45) is 0.145. The molecule has 1 aliphatic heterocycles. The van der Waals surface area contributed by atoms with Crippen molar-refractivity contribution >= 4 is 18.0 Å². The molecule has 20 heavy (non-hydrogen) atoms. The Morgan fingerprint density at radius 2 is 2.10 bits per heavy atom. The number of carbonyl (C=O) groups is 3. The van der Waals surface area contributed by atoms with E-state index in [2.05, 4.69) is 15.4 Å². The second-order valence-electron chi connectivity index (χ2n) is 5.73. The second kappa shape index (κ2) is 6.58. The molecule has 2 amide bonds. The lowest BCUT2D eigenvalue weighted by Gasteiger charge is -2.23. The summed E-state index contributed by atoms with van der Waals surface area (Å²) < 4.78 is 9.74. The van der Waals surface area contributed by atoms with Crippen molar-refractivity contribution < 1.29 is 23.9 Å². The van der Waals surface area contributed by atoms with E-state index < -0.39 is 23.7 Å². The van der Waals surface area contributed by atoms with Crippen molar-refractivity contribution in [1.82, 2.24) is 10.6 Å². The summed E-state index contributed by atoms with van der Waals surface area (Å²) in [5.41, 5.74) is -0.657. The molecular formula is C13H22N2O5. The van der Waals surface area contributed by atoms with Crippen molar-refractivity contribution in [2.75, 3.05) is 13.7 Å². The highest BCUT2D eigenvalue weighted by atomic mass is 16.6. The number of ether oxygens (including phenoxy) is 2. The number of hydrogen-bond donors (Lipinski definition) is 2. The van der Waals surface area contributed by atoms with Gasteiger partial charge in [-0.05, 0) is 33.6 Å². The molecule has 7 nitrogen and oxygen atoms in total. The van der Waals surface area contributed by atoms with Gasteiger partial charge in [0, 0.05) is 12.5 Å². The van der Waals surface area contributed by atoms with Crippen LogP contribution >= 0.6 is 0 Å². The Morgan fingerprint density at radius 3 is 2.55 bits per heavy atom. The zero-order valence-electron chi connectivity index (χ0n) is 12.3. The first-order valence-corrected chi connectivity index (χ1v) is 6.58. The van der Waals surface area contributed by atoms with Crippen molar-refractivity contribution in [1.29, 1.82) is 0 Å². The molecule has 0 radical (unpaired) electrons. The average Bonchev–Trinajstić information content (AvgIpc) is 2.70. The lowest BCUT2D eigenvalue weighted by atomic mass is 9.98. The number of methoxy groups -OCH3 is 1. The van der Waals surface area contributed by atoms with Gasteiger partial charge in [0.2, 0.25) is 5.91 Å². The summed E-state index contributed by atoms with van der Waals surface area (Å²) in [6, 6.07) is -0.885. The first-order chi connectivity index (χ1) is 9.23. The predicted octanol–water partition coefficient (Wildman–Crippen LogP) is 0.579. The second-order valence-corrected chi connectivity index (χ2v) is 5.73. The highest BCUT2D eigenvalue weighted by Gasteiger charge is 2.32. The van der Waals surface area contributed by atoms with Gasteiger partial charge in [0.25, 0.3) is 0 Å². The lowest BCUT2D eigenvalue weighted by molar-refractivity contribution is -0.143. The van der Waals surface area contributed by atoms with E-state index in [-0.39, 0.29) is 18.2 Å². The minimum absolute atomic E-state index is 0.107. The molecule has 0 aromatic carbocycles. The van der Waals surface area contributed by atoms with Gasteiger partial charge >= 0.3 is 12.1 Å². The van der Waals surface area contributed by atoms with Crippen LogP contribution in [-0.2, 0) is 19.1 Å². The van der Waals surface area contributed by atoms with E-state index in [0.717, 1.165) is 0 Å². The monoisotopic (exact) mass is 286 g/mol. The summed E-state index contributed by atoms with van der Waals surface area (Å²) in [5.74, 6) is -0.991. The molecule has 0 aliphatic carbocycles. The lowest BCUT2D eigenvalue weighted by Crippen LogP contribution is -2.45. The molecule has 7 heteroatoms. The largest absolute Gasteiger partial charge is 0.467 e. The minimum atomic E-state index is -0.885. The molecule has 0 aromatic rings. The molecular weight excluding hydrogens is 264 g/mol. The van der Waals surface area contributed by atoms with Crippen LogP contribution in [0.5, 0.6) is 0 Å². The molecule has 114 valence electrons. The van der Waals surface area contributed by atoms with Crippen molar-refractivity contribution in [2.45, 2.75) is 45.3 Å². The normalized spacial score (nSPS) is 20.0. The van der Waals surface area contributed by atoms with E-state index in [1.807, 2.05) is 0 Å². The summed E-state index contributed by atoms with van der Waals surface area (Å²) in [5, 5.41) is 5.14. The first kappa shape index (κ1) is 16.3. The third kappa shape index (κ3) is 5.07. The maximum atomic E-state index is 11.7. The van der Waals surface area contributed by atoms with E-state index in [1.165, 1.54) is 7.11 Å². The maximum absolute atomic E-state index is 11.7. The molecule has 2 N–H and O–H groups in total. The molecule has 0 saturated carbocycles. The van der Waals surface area contributed by atoms with Gasteiger partial charge in [-0.25, -0.2) is 9.59 Å². The average molecular weight is 286 g/mol. The highest BCUT2D eigenvalue weighted by molar-refractivity contribution is 5.84. The Labute approximate surface area is 118 Å². The minimum Gasteiger partial charge on any atom is -0.467 e. The van der Waals surface area contributed by atoms with E-state index in [9.17, 15) is 14.4 Å². The number of rotatable bonds is 4. The fraction of sp³-hybridized carbons (Fsp3) is 0.769. The molecule has 0 bridgehead atoms. The zero-order valence-corrected chi connectivity index (χ0v) is 12.3. The molecule has 0 aromatic heterocycles. The van der Waals surface area contributed by atoms with Gasteiger partial charge in [-0.2, -0.15) is 0 Å². The van der Waals surface area contributed by atoms with Gasteiger partial charge in [0.1, 0.15) is 11.6 Å². The fourth-order valence-electron chi connectivity index (χ4n) is 1.96. The third-order valence-electron chi connectivity index (χ3n) is 2.86. The Balaban J connectivity index is 2.62. The van der Waals surface area contributed by atoms with Crippen LogP contribution in [0, 0.1) is 5.92 Å². The van der Waals surface area contributed by atoms with E-state index in [4.69, 9.17) is 4.74 Å². The molecule has 1 aliphatic rings. The SMILES string of the molecule is COC(=O)C(CC1CCNC1=O)NC(=O)OC(C)(C)C. The van der Waals surface area contributed by atoms with Crippen LogP contribution < -0.4 is 10.6 Å². The third-order valence-corrected chi connectivity index (χ3v) is 2.86. The highest BCUT2D eigenvalue weighted by Crippen LogP contribution is 2.17. The van der Waals surface area contributed by atoms with Gasteiger partial charge in [-0.3, -0.25) is 4.79 Å². The molecule has 2 unspecified atom stereocenters. The Bertz CT molecular complexity index is 389. The smallest absolute Gasteiger partial charge is 0.408 e. The maximum Gasteiger partial charge on any atom is 0.408 e. The molecule has 0 spiro atoms. The molecule has 1 rings (SSSR count). The number of alkyl carbamates (subject to hydrolysis) is 1. The summed E-state index contributed by atoms with van der Waals surface area (Å²) in [7, 11) is 1.24. The summed E-state index contributed by atoms with van der Waals surface area (Å²) in [4.78, 5) is 34.9. The molecule has 1 heterocycles. The van der Waals surface area contributed by atoms with Gasteiger partial charge < -0.3 is 20.1 Å². The van der Waals surface area contributed by atoms with E-state index >= 15 is 0 Å². The number of nitrogens with one attached hydrogen (secondary N) is 2.